The van der Waals surface area contributed by atoms with Gasteiger partial charge < -0.3 is 10.6 Å². The normalized spacial score (nSPS) is 9.75. The number of carbonyl (C=O) groups excluding carboxylic acids is 1. The molecule has 2 N–H and O–H groups in total. The van der Waals surface area contributed by atoms with Crippen molar-refractivity contribution in [1.29, 1.82) is 0 Å². The summed E-state index contributed by atoms with van der Waals surface area (Å²) < 4.78 is 0. The highest BCUT2D eigenvalue weighted by atomic mass is 32.1. The van der Waals surface area contributed by atoms with Gasteiger partial charge >= 0.3 is 0 Å². The van der Waals surface area contributed by atoms with E-state index in [0.717, 1.165) is 0 Å². The number of hydrogen-bond donors (Lipinski definition) is 2. The first kappa shape index (κ1) is 12.1. The molecule has 1 amide bonds. The third-order valence-corrected chi connectivity index (χ3v) is 1.80. The van der Waals surface area contributed by atoms with Crippen LogP contribution in [0.3, 0.4) is 0 Å². The van der Waals surface area contributed by atoms with Crippen LogP contribution in [0.2, 0.25) is 0 Å². The van der Waals surface area contributed by atoms with Crippen LogP contribution in [-0.4, -0.2) is 16.4 Å². The van der Waals surface area contributed by atoms with E-state index in [1.807, 2.05) is 0 Å². The molecule has 0 aliphatic heterocycles. The molecule has 0 saturated heterocycles. The molecule has 0 bridgehead atoms. The van der Waals surface area contributed by atoms with Gasteiger partial charge in [-0.1, -0.05) is 18.8 Å². The fraction of sp³-hybridized carbons (Fsp3) is 0. The molecule has 16 heavy (non-hydrogen) atoms. The SMILES string of the molecule is C=C(/C=C/NC=S)NC(=O)c1ccncc1. The van der Waals surface area contributed by atoms with Crippen LogP contribution in [0.15, 0.2) is 49.1 Å². The summed E-state index contributed by atoms with van der Waals surface area (Å²) in [7, 11) is 0. The number of rotatable bonds is 5. The molecule has 0 radical (unpaired) electrons. The van der Waals surface area contributed by atoms with Gasteiger partial charge in [0.05, 0.1) is 5.49 Å². The summed E-state index contributed by atoms with van der Waals surface area (Å²) in [5.74, 6) is -0.223. The molecule has 0 spiro atoms. The van der Waals surface area contributed by atoms with Crippen molar-refractivity contribution >= 4 is 23.6 Å². The van der Waals surface area contributed by atoms with E-state index in [9.17, 15) is 4.79 Å². The fourth-order valence-electron chi connectivity index (χ4n) is 0.951. The van der Waals surface area contributed by atoms with E-state index < -0.39 is 0 Å². The number of nitrogens with one attached hydrogen (secondary N) is 2. The molecule has 0 aromatic carbocycles. The Bertz CT molecular complexity index is 414. The zero-order valence-electron chi connectivity index (χ0n) is 8.51. The second-order valence-corrected chi connectivity index (χ2v) is 3.07. The molecule has 4 nitrogen and oxygen atoms in total. The third kappa shape index (κ3) is 4.02. The first-order valence-electron chi connectivity index (χ1n) is 4.50. The van der Waals surface area contributed by atoms with Crippen LogP contribution >= 0.6 is 12.2 Å². The van der Waals surface area contributed by atoms with E-state index in [1.54, 1.807) is 36.8 Å². The van der Waals surface area contributed by atoms with Crippen LogP contribution in [-0.2, 0) is 0 Å². The number of hydrogen-bond acceptors (Lipinski definition) is 3. The lowest BCUT2D eigenvalue weighted by molar-refractivity contribution is 0.0967. The predicted octanol–water partition coefficient (Wildman–Crippen LogP) is 1.39. The van der Waals surface area contributed by atoms with Gasteiger partial charge in [0.15, 0.2) is 0 Å². The Kier molecular flexibility index (Phi) is 4.88. The van der Waals surface area contributed by atoms with Gasteiger partial charge in [-0.25, -0.2) is 0 Å². The maximum Gasteiger partial charge on any atom is 0.255 e. The third-order valence-electron chi connectivity index (χ3n) is 1.67. The minimum absolute atomic E-state index is 0.223. The van der Waals surface area contributed by atoms with Crippen LogP contribution in [0, 0.1) is 0 Å². The van der Waals surface area contributed by atoms with Crippen molar-refractivity contribution in [3.05, 3.63) is 54.6 Å². The molecule has 0 aliphatic carbocycles. The molecule has 1 rings (SSSR count). The smallest absolute Gasteiger partial charge is 0.255 e. The zero-order valence-corrected chi connectivity index (χ0v) is 9.33. The lowest BCUT2D eigenvalue weighted by Crippen LogP contribution is -2.21. The van der Waals surface area contributed by atoms with Crippen molar-refractivity contribution in [2.45, 2.75) is 0 Å². The van der Waals surface area contributed by atoms with Crippen LogP contribution in [0.25, 0.3) is 0 Å². The number of nitrogens with zero attached hydrogens (tertiary/aromatic N) is 1. The average Bonchev–Trinajstić information content (AvgIpc) is 2.30. The monoisotopic (exact) mass is 233 g/mol. The molecule has 0 atom stereocenters. The quantitative estimate of drug-likeness (QED) is 0.596. The molecule has 82 valence electrons. The van der Waals surface area contributed by atoms with Gasteiger partial charge in [0.25, 0.3) is 5.91 Å². The molecule has 0 aliphatic rings. The Labute approximate surface area is 99.1 Å². The van der Waals surface area contributed by atoms with Gasteiger partial charge in [-0.3, -0.25) is 9.78 Å². The molecule has 1 aromatic rings. The molecular weight excluding hydrogens is 222 g/mol. The lowest BCUT2D eigenvalue weighted by Gasteiger charge is -2.03. The summed E-state index contributed by atoms with van der Waals surface area (Å²) in [6, 6.07) is 3.25. The Morgan fingerprint density at radius 2 is 2.12 bits per heavy atom. The summed E-state index contributed by atoms with van der Waals surface area (Å²) in [6.45, 7) is 3.67. The number of pyridine rings is 1. The molecule has 0 unspecified atom stereocenters. The van der Waals surface area contributed by atoms with Crippen molar-refractivity contribution in [1.82, 2.24) is 15.6 Å². The second-order valence-electron chi connectivity index (χ2n) is 2.83. The first-order chi connectivity index (χ1) is 7.74. The minimum Gasteiger partial charge on any atom is -0.359 e. The van der Waals surface area contributed by atoms with Crippen LogP contribution < -0.4 is 10.6 Å². The largest absolute Gasteiger partial charge is 0.359 e. The highest BCUT2D eigenvalue weighted by Crippen LogP contribution is 1.97. The Morgan fingerprint density at radius 3 is 2.75 bits per heavy atom. The summed E-state index contributed by atoms with van der Waals surface area (Å²) in [4.78, 5) is 15.4. The number of aromatic nitrogens is 1. The second kappa shape index (κ2) is 6.47. The Morgan fingerprint density at radius 1 is 1.44 bits per heavy atom. The van der Waals surface area contributed by atoms with Gasteiger partial charge in [-0.15, -0.1) is 0 Å². The van der Waals surface area contributed by atoms with Gasteiger partial charge in [0.2, 0.25) is 0 Å². The van der Waals surface area contributed by atoms with Crippen LogP contribution in [0.4, 0.5) is 0 Å². The van der Waals surface area contributed by atoms with Crippen LogP contribution in [0.1, 0.15) is 10.4 Å². The maximum absolute atomic E-state index is 11.6. The molecule has 1 heterocycles. The van der Waals surface area contributed by atoms with Crippen molar-refractivity contribution in [2.24, 2.45) is 0 Å². The van der Waals surface area contributed by atoms with Gasteiger partial charge in [-0.05, 0) is 18.2 Å². The van der Waals surface area contributed by atoms with E-state index >= 15 is 0 Å². The van der Waals surface area contributed by atoms with Crippen molar-refractivity contribution in [3.63, 3.8) is 0 Å². The number of amides is 1. The topological polar surface area (TPSA) is 54.0 Å². The molecule has 5 heteroatoms. The zero-order chi connectivity index (χ0) is 11.8. The minimum atomic E-state index is -0.223. The van der Waals surface area contributed by atoms with Crippen molar-refractivity contribution in [2.75, 3.05) is 0 Å². The van der Waals surface area contributed by atoms with E-state index in [0.29, 0.717) is 11.3 Å². The van der Waals surface area contributed by atoms with E-state index in [1.165, 1.54) is 5.49 Å². The van der Waals surface area contributed by atoms with Gasteiger partial charge in [0, 0.05) is 29.9 Å². The summed E-state index contributed by atoms with van der Waals surface area (Å²) >= 11 is 4.56. The summed E-state index contributed by atoms with van der Waals surface area (Å²) in [5, 5.41) is 5.30. The number of carbonyl (C=O) groups is 1. The summed E-state index contributed by atoms with van der Waals surface area (Å²) in [5.41, 5.74) is 2.37. The van der Waals surface area contributed by atoms with E-state index in [2.05, 4.69) is 34.4 Å². The van der Waals surface area contributed by atoms with E-state index in [-0.39, 0.29) is 5.91 Å². The van der Waals surface area contributed by atoms with Gasteiger partial charge in [0.1, 0.15) is 0 Å². The lowest BCUT2D eigenvalue weighted by atomic mass is 10.2. The highest BCUT2D eigenvalue weighted by molar-refractivity contribution is 7.78. The van der Waals surface area contributed by atoms with Crippen molar-refractivity contribution < 1.29 is 4.79 Å². The fourth-order valence-corrected chi connectivity index (χ4v) is 1.03. The number of thiocarbonyl (C=S) groups is 1. The highest BCUT2D eigenvalue weighted by Gasteiger charge is 2.03. The predicted molar refractivity (Wildman–Crippen MR) is 66.8 cm³/mol. The molecule has 1 aromatic heterocycles. The van der Waals surface area contributed by atoms with Crippen LogP contribution in [0.5, 0.6) is 0 Å². The Balaban J connectivity index is 2.52. The standard InChI is InChI=1S/C11H11N3OS/c1-9(2-5-13-8-16)14-11(15)10-3-6-12-7-4-10/h2-8H,1H2,(H,13,16)(H,14,15)/b5-2+. The first-order valence-corrected chi connectivity index (χ1v) is 4.97. The molecular formula is C11H11N3OS. The maximum atomic E-state index is 11.6. The molecule has 0 saturated carbocycles. The number of allylic oxidation sites excluding steroid dienone is 1. The molecule has 0 fully saturated rings. The Hall–Kier alpha value is -2.01. The van der Waals surface area contributed by atoms with E-state index in [4.69, 9.17) is 0 Å². The van der Waals surface area contributed by atoms with Crippen molar-refractivity contribution in [3.8, 4) is 0 Å². The average molecular weight is 233 g/mol. The summed E-state index contributed by atoms with van der Waals surface area (Å²) in [6.07, 6.45) is 6.31. The van der Waals surface area contributed by atoms with Gasteiger partial charge in [-0.2, -0.15) is 0 Å².